The van der Waals surface area contributed by atoms with Crippen molar-refractivity contribution in [1.29, 1.82) is 0 Å². The van der Waals surface area contributed by atoms with Crippen molar-refractivity contribution < 1.29 is 0 Å². The predicted molar refractivity (Wildman–Crippen MR) is 84.4 cm³/mol. The zero-order valence-corrected chi connectivity index (χ0v) is 13.5. The summed E-state index contributed by atoms with van der Waals surface area (Å²) in [5, 5.41) is 3.71. The van der Waals surface area contributed by atoms with E-state index in [1.807, 2.05) is 11.3 Å². The van der Waals surface area contributed by atoms with Crippen LogP contribution in [0, 0.1) is 0 Å². The van der Waals surface area contributed by atoms with Crippen LogP contribution in [0.1, 0.15) is 0 Å². The van der Waals surface area contributed by atoms with Gasteiger partial charge in [0, 0.05) is 0 Å². The molecule has 2 aromatic carbocycles. The molecule has 3 aromatic rings. The molecule has 0 nitrogen and oxygen atoms in total. The first kappa shape index (κ1) is 12.0. The van der Waals surface area contributed by atoms with Crippen LogP contribution in [0.15, 0.2) is 53.9 Å². The molecule has 0 atom stereocenters. The monoisotopic (exact) mass is 313 g/mol. The normalized spacial score (nSPS) is 11.3. The van der Waals surface area contributed by atoms with Gasteiger partial charge in [-0.2, -0.15) is 0 Å². The van der Waals surface area contributed by atoms with Gasteiger partial charge >= 0.3 is 117 Å². The first-order valence-corrected chi connectivity index (χ1v) is 12.3. The van der Waals surface area contributed by atoms with Gasteiger partial charge in [0.05, 0.1) is 0 Å². The maximum atomic E-state index is 2.42. The molecule has 3 rings (SSSR count). The summed E-state index contributed by atoms with van der Waals surface area (Å²) >= 11 is 0.790. The van der Waals surface area contributed by atoms with Crippen molar-refractivity contribution in [3.63, 3.8) is 0 Å². The molecule has 0 amide bonds. The zero-order chi connectivity index (χ0) is 12.5. The quantitative estimate of drug-likeness (QED) is 0.610. The van der Waals surface area contributed by atoms with Gasteiger partial charge in [-0.25, -0.2) is 0 Å². The van der Waals surface area contributed by atoms with Crippen LogP contribution in [-0.4, -0.2) is 14.3 Å². The molecule has 0 aliphatic rings. The third-order valence-corrected chi connectivity index (χ3v) is 7.38. The third-order valence-electron chi connectivity index (χ3n) is 3.24. The van der Waals surface area contributed by atoms with E-state index in [0.717, 1.165) is 0 Å². The molecule has 18 heavy (non-hydrogen) atoms. The summed E-state index contributed by atoms with van der Waals surface area (Å²) in [5.74, 6) is 4.85. The Morgan fingerprint density at radius 2 is 1.56 bits per heavy atom. The Morgan fingerprint density at radius 1 is 0.833 bits per heavy atom. The van der Waals surface area contributed by atoms with Gasteiger partial charge in [0.25, 0.3) is 0 Å². The van der Waals surface area contributed by atoms with E-state index in [1.165, 1.54) is 21.2 Å². The fourth-order valence-electron chi connectivity index (χ4n) is 2.34. The minimum absolute atomic E-state index is 1.06. The molecule has 2 heteroatoms. The Bertz CT molecular complexity index is 682. The molecule has 0 fully saturated rings. The average molecular weight is 312 g/mol. The molecular weight excluding hydrogens is 297 g/mol. The van der Waals surface area contributed by atoms with Gasteiger partial charge in [-0.3, -0.25) is 0 Å². The van der Waals surface area contributed by atoms with Crippen molar-refractivity contribution in [2.45, 2.75) is 11.5 Å². The number of benzene rings is 2. The van der Waals surface area contributed by atoms with Crippen LogP contribution in [0.3, 0.4) is 0 Å². The second-order valence-electron chi connectivity index (χ2n) is 4.69. The predicted octanol–water partition coefficient (Wildman–Crippen LogP) is 4.53. The molecule has 1 radical (unpaired) electrons. The van der Waals surface area contributed by atoms with Crippen molar-refractivity contribution in [3.8, 4) is 11.1 Å². The molecule has 89 valence electrons. The van der Waals surface area contributed by atoms with Gasteiger partial charge in [-0.1, -0.05) is 0 Å². The molecule has 1 aromatic heterocycles. The van der Waals surface area contributed by atoms with Gasteiger partial charge in [-0.15, -0.1) is 0 Å². The molecule has 0 bridgehead atoms. The van der Waals surface area contributed by atoms with Crippen molar-refractivity contribution in [2.75, 3.05) is 0 Å². The van der Waals surface area contributed by atoms with Gasteiger partial charge in [0.15, 0.2) is 0 Å². The second-order valence-corrected chi connectivity index (χ2v) is 10.9. The van der Waals surface area contributed by atoms with E-state index >= 15 is 0 Å². The third kappa shape index (κ3) is 2.02. The first-order valence-electron chi connectivity index (χ1n) is 6.13. The molecule has 0 saturated heterocycles. The zero-order valence-electron chi connectivity index (χ0n) is 10.6. The summed E-state index contributed by atoms with van der Waals surface area (Å²) in [6.07, 6.45) is 0. The molecule has 0 spiro atoms. The fourth-order valence-corrected chi connectivity index (χ4v) is 5.79. The van der Waals surface area contributed by atoms with Gasteiger partial charge in [-0.05, 0) is 0 Å². The molecular formula is C16H15GeS. The Hall–Kier alpha value is -1.06. The summed E-state index contributed by atoms with van der Waals surface area (Å²) in [6, 6.07) is 17.6. The summed E-state index contributed by atoms with van der Waals surface area (Å²) in [5.41, 5.74) is 2.87. The number of hydrogen-bond donors (Lipinski definition) is 0. The summed E-state index contributed by atoms with van der Waals surface area (Å²) < 4.78 is 2.98. The van der Waals surface area contributed by atoms with E-state index < -0.39 is 14.3 Å². The number of hydrogen-bond acceptors (Lipinski definition) is 1. The molecule has 0 N–H and O–H groups in total. The standard InChI is InChI=1S/C16H15GeS/c1-17(2)15-9-5-3-7-12(15)14-11-18-16-10-6-4-8-13(14)16/h3-11H,1-2H3. The minimum atomic E-state index is -1.06. The van der Waals surface area contributed by atoms with Gasteiger partial charge in [0.2, 0.25) is 0 Å². The van der Waals surface area contributed by atoms with Crippen LogP contribution in [-0.2, 0) is 0 Å². The Labute approximate surface area is 116 Å². The van der Waals surface area contributed by atoms with E-state index in [4.69, 9.17) is 0 Å². The van der Waals surface area contributed by atoms with Gasteiger partial charge < -0.3 is 0 Å². The maximum absolute atomic E-state index is 2.42. The van der Waals surface area contributed by atoms with Crippen molar-refractivity contribution in [3.05, 3.63) is 53.9 Å². The van der Waals surface area contributed by atoms with Crippen molar-refractivity contribution in [1.82, 2.24) is 0 Å². The van der Waals surface area contributed by atoms with E-state index in [2.05, 4.69) is 65.4 Å². The molecule has 0 unspecified atom stereocenters. The first-order chi connectivity index (χ1) is 8.77. The number of rotatable bonds is 2. The average Bonchev–Trinajstić information content (AvgIpc) is 2.82. The molecule has 0 aliphatic heterocycles. The number of thiophene rings is 1. The van der Waals surface area contributed by atoms with Crippen molar-refractivity contribution >= 4 is 40.2 Å². The van der Waals surface area contributed by atoms with Crippen LogP contribution >= 0.6 is 11.3 Å². The topological polar surface area (TPSA) is 0 Å². The van der Waals surface area contributed by atoms with Crippen LogP contribution in [0.25, 0.3) is 21.2 Å². The van der Waals surface area contributed by atoms with Crippen LogP contribution in [0.5, 0.6) is 0 Å². The second kappa shape index (κ2) is 4.90. The summed E-state index contributed by atoms with van der Waals surface area (Å²) in [7, 11) is 0. The Morgan fingerprint density at radius 3 is 2.39 bits per heavy atom. The molecule has 0 aliphatic carbocycles. The van der Waals surface area contributed by atoms with Gasteiger partial charge in [0.1, 0.15) is 0 Å². The SMILES string of the molecule is [CH3][Ge]([CH3])[c]1ccccc1-c1csc2ccccc12. The summed E-state index contributed by atoms with van der Waals surface area (Å²) in [4.78, 5) is 0. The Balaban J connectivity index is 2.27. The molecule has 0 saturated carbocycles. The van der Waals surface area contributed by atoms with Crippen LogP contribution < -0.4 is 4.40 Å². The molecule has 1 heterocycles. The number of fused-ring (bicyclic) bond motifs is 1. The summed E-state index contributed by atoms with van der Waals surface area (Å²) in [6.45, 7) is 0. The van der Waals surface area contributed by atoms with Crippen LogP contribution in [0.2, 0.25) is 11.5 Å². The Kier molecular flexibility index (Phi) is 3.27. The van der Waals surface area contributed by atoms with Crippen LogP contribution in [0.4, 0.5) is 0 Å². The van der Waals surface area contributed by atoms with Crippen molar-refractivity contribution in [2.24, 2.45) is 0 Å². The van der Waals surface area contributed by atoms with E-state index in [-0.39, 0.29) is 0 Å². The van der Waals surface area contributed by atoms with E-state index in [0.29, 0.717) is 0 Å². The fraction of sp³-hybridized carbons (Fsp3) is 0.125. The van der Waals surface area contributed by atoms with E-state index in [9.17, 15) is 0 Å². The van der Waals surface area contributed by atoms with E-state index in [1.54, 1.807) is 4.40 Å².